The number of ether oxygens (including phenoxy) is 1. The van der Waals surface area contributed by atoms with Gasteiger partial charge in [0.1, 0.15) is 11.6 Å². The second kappa shape index (κ2) is 7.65. The van der Waals surface area contributed by atoms with E-state index in [-0.39, 0.29) is 11.9 Å². The van der Waals surface area contributed by atoms with Crippen LogP contribution in [0.25, 0.3) is 0 Å². The highest BCUT2D eigenvalue weighted by molar-refractivity contribution is 5.21. The van der Waals surface area contributed by atoms with E-state index in [4.69, 9.17) is 4.74 Å². The molecule has 1 N–H and O–H groups in total. The van der Waals surface area contributed by atoms with Gasteiger partial charge in [0.25, 0.3) is 0 Å². The number of hydrogen-bond donors (Lipinski definition) is 1. The summed E-state index contributed by atoms with van der Waals surface area (Å²) in [6.07, 6.45) is 1.67. The summed E-state index contributed by atoms with van der Waals surface area (Å²) < 4.78 is 18.8. The maximum absolute atomic E-state index is 13.1. The van der Waals surface area contributed by atoms with Gasteiger partial charge in [-0.15, -0.1) is 0 Å². The van der Waals surface area contributed by atoms with Crippen LogP contribution < -0.4 is 10.1 Å². The molecule has 0 aliphatic rings. The van der Waals surface area contributed by atoms with E-state index in [1.54, 1.807) is 12.1 Å². The van der Waals surface area contributed by atoms with E-state index >= 15 is 0 Å². The summed E-state index contributed by atoms with van der Waals surface area (Å²) in [5, 5.41) is 3.25. The number of benzene rings is 2. The van der Waals surface area contributed by atoms with Crippen molar-refractivity contribution in [1.29, 1.82) is 0 Å². The van der Waals surface area contributed by atoms with E-state index in [0.29, 0.717) is 6.61 Å². The second-order valence-electron chi connectivity index (χ2n) is 4.77. The molecule has 0 saturated carbocycles. The van der Waals surface area contributed by atoms with Crippen molar-refractivity contribution in [2.75, 3.05) is 13.7 Å². The van der Waals surface area contributed by atoms with Crippen LogP contribution in [0.2, 0.25) is 0 Å². The van der Waals surface area contributed by atoms with Gasteiger partial charge in [-0.05, 0) is 49.7 Å². The van der Waals surface area contributed by atoms with Gasteiger partial charge in [-0.1, -0.05) is 30.3 Å². The standard InChI is InChI=1S/C17H20FNO/c1-19-16(13-14-6-5-7-15(18)12-14)10-11-20-17-8-3-2-4-9-17/h2-9,12,16,19H,10-11,13H2,1H3. The Morgan fingerprint density at radius 3 is 2.60 bits per heavy atom. The summed E-state index contributed by atoms with van der Waals surface area (Å²) in [7, 11) is 1.92. The lowest BCUT2D eigenvalue weighted by molar-refractivity contribution is 0.288. The van der Waals surface area contributed by atoms with E-state index in [9.17, 15) is 4.39 Å². The molecule has 0 fully saturated rings. The number of para-hydroxylation sites is 1. The molecular formula is C17H20FNO. The first-order chi connectivity index (χ1) is 9.78. The fourth-order valence-corrected chi connectivity index (χ4v) is 2.13. The lowest BCUT2D eigenvalue weighted by atomic mass is 10.0. The van der Waals surface area contributed by atoms with Gasteiger partial charge in [0.2, 0.25) is 0 Å². The molecule has 2 aromatic rings. The van der Waals surface area contributed by atoms with Crippen molar-refractivity contribution >= 4 is 0 Å². The van der Waals surface area contributed by atoms with Crippen LogP contribution in [0.5, 0.6) is 5.75 Å². The smallest absolute Gasteiger partial charge is 0.123 e. The van der Waals surface area contributed by atoms with Crippen molar-refractivity contribution in [2.45, 2.75) is 18.9 Å². The first kappa shape index (κ1) is 14.5. The molecule has 0 radical (unpaired) electrons. The zero-order chi connectivity index (χ0) is 14.2. The van der Waals surface area contributed by atoms with E-state index in [0.717, 1.165) is 24.2 Å². The zero-order valence-corrected chi connectivity index (χ0v) is 11.7. The van der Waals surface area contributed by atoms with Crippen molar-refractivity contribution in [3.8, 4) is 5.75 Å². The third-order valence-electron chi connectivity index (χ3n) is 3.26. The largest absolute Gasteiger partial charge is 0.494 e. The molecule has 2 nitrogen and oxygen atoms in total. The number of likely N-dealkylation sites (N-methyl/N-ethyl adjacent to an activating group) is 1. The average molecular weight is 273 g/mol. The predicted molar refractivity (Wildman–Crippen MR) is 79.5 cm³/mol. The monoisotopic (exact) mass is 273 g/mol. The van der Waals surface area contributed by atoms with E-state index in [1.807, 2.05) is 43.4 Å². The Bertz CT molecular complexity index is 515. The minimum atomic E-state index is -0.183. The third-order valence-corrected chi connectivity index (χ3v) is 3.26. The Kier molecular flexibility index (Phi) is 5.56. The number of halogens is 1. The maximum atomic E-state index is 13.1. The van der Waals surface area contributed by atoms with Crippen LogP contribution in [-0.2, 0) is 6.42 Å². The Balaban J connectivity index is 1.80. The first-order valence-corrected chi connectivity index (χ1v) is 6.87. The molecular weight excluding hydrogens is 253 g/mol. The molecule has 0 aromatic heterocycles. The fraction of sp³-hybridized carbons (Fsp3) is 0.294. The van der Waals surface area contributed by atoms with Crippen molar-refractivity contribution in [3.63, 3.8) is 0 Å². The maximum Gasteiger partial charge on any atom is 0.123 e. The van der Waals surface area contributed by atoms with Crippen LogP contribution in [0.4, 0.5) is 4.39 Å². The van der Waals surface area contributed by atoms with Crippen molar-refractivity contribution in [3.05, 3.63) is 66.0 Å². The van der Waals surface area contributed by atoms with Crippen molar-refractivity contribution in [2.24, 2.45) is 0 Å². The zero-order valence-electron chi connectivity index (χ0n) is 11.7. The number of rotatable bonds is 7. The van der Waals surface area contributed by atoms with Gasteiger partial charge in [-0.25, -0.2) is 4.39 Å². The number of nitrogens with one attached hydrogen (secondary N) is 1. The van der Waals surface area contributed by atoms with Gasteiger partial charge in [0, 0.05) is 6.04 Å². The second-order valence-corrected chi connectivity index (χ2v) is 4.77. The molecule has 3 heteroatoms. The highest BCUT2D eigenvalue weighted by atomic mass is 19.1. The summed E-state index contributed by atoms with van der Waals surface area (Å²) in [6.45, 7) is 0.644. The molecule has 2 aromatic carbocycles. The van der Waals surface area contributed by atoms with Gasteiger partial charge < -0.3 is 10.1 Å². The van der Waals surface area contributed by atoms with Crippen LogP contribution in [0.1, 0.15) is 12.0 Å². The molecule has 0 amide bonds. The van der Waals surface area contributed by atoms with Gasteiger partial charge in [-0.2, -0.15) is 0 Å². The molecule has 0 bridgehead atoms. The molecule has 1 unspecified atom stereocenters. The van der Waals surface area contributed by atoms with Crippen LogP contribution in [0, 0.1) is 5.82 Å². The van der Waals surface area contributed by atoms with Gasteiger partial charge in [0.05, 0.1) is 6.61 Å². The predicted octanol–water partition coefficient (Wildman–Crippen LogP) is 3.43. The third kappa shape index (κ3) is 4.67. The Morgan fingerprint density at radius 1 is 1.10 bits per heavy atom. The normalized spacial score (nSPS) is 12.1. The average Bonchev–Trinajstić information content (AvgIpc) is 2.47. The van der Waals surface area contributed by atoms with Crippen LogP contribution in [0.3, 0.4) is 0 Å². The molecule has 0 spiro atoms. The Morgan fingerprint density at radius 2 is 1.90 bits per heavy atom. The Hall–Kier alpha value is -1.87. The molecule has 2 rings (SSSR count). The molecule has 20 heavy (non-hydrogen) atoms. The minimum absolute atomic E-state index is 0.183. The van der Waals surface area contributed by atoms with Crippen molar-refractivity contribution < 1.29 is 9.13 Å². The Labute approximate surface area is 119 Å². The lowest BCUT2D eigenvalue weighted by Crippen LogP contribution is -2.29. The minimum Gasteiger partial charge on any atom is -0.494 e. The molecule has 1 atom stereocenters. The molecule has 0 aliphatic heterocycles. The van der Waals surface area contributed by atoms with E-state index < -0.39 is 0 Å². The highest BCUT2D eigenvalue weighted by Gasteiger charge is 2.08. The van der Waals surface area contributed by atoms with Gasteiger partial charge in [0.15, 0.2) is 0 Å². The lowest BCUT2D eigenvalue weighted by Gasteiger charge is -2.16. The SMILES string of the molecule is CNC(CCOc1ccccc1)Cc1cccc(F)c1. The fourth-order valence-electron chi connectivity index (χ4n) is 2.13. The summed E-state index contributed by atoms with van der Waals surface area (Å²) in [5.41, 5.74) is 1.00. The first-order valence-electron chi connectivity index (χ1n) is 6.87. The summed E-state index contributed by atoms with van der Waals surface area (Å²) in [4.78, 5) is 0. The van der Waals surface area contributed by atoms with Gasteiger partial charge >= 0.3 is 0 Å². The highest BCUT2D eigenvalue weighted by Crippen LogP contribution is 2.11. The van der Waals surface area contributed by atoms with Crippen LogP contribution in [0.15, 0.2) is 54.6 Å². The topological polar surface area (TPSA) is 21.3 Å². The van der Waals surface area contributed by atoms with Crippen molar-refractivity contribution in [1.82, 2.24) is 5.32 Å². The molecule has 0 heterocycles. The van der Waals surface area contributed by atoms with Crippen LogP contribution >= 0.6 is 0 Å². The molecule has 106 valence electrons. The quantitative estimate of drug-likeness (QED) is 0.834. The van der Waals surface area contributed by atoms with E-state index in [1.165, 1.54) is 6.07 Å². The number of hydrogen-bond acceptors (Lipinski definition) is 2. The summed E-state index contributed by atoms with van der Waals surface area (Å²) in [6, 6.07) is 16.8. The van der Waals surface area contributed by atoms with Crippen LogP contribution in [-0.4, -0.2) is 19.7 Å². The summed E-state index contributed by atoms with van der Waals surface area (Å²) >= 11 is 0. The molecule has 0 aliphatic carbocycles. The summed E-state index contributed by atoms with van der Waals surface area (Å²) in [5.74, 6) is 0.700. The molecule has 0 saturated heterocycles. The van der Waals surface area contributed by atoms with E-state index in [2.05, 4.69) is 5.32 Å². The van der Waals surface area contributed by atoms with Gasteiger partial charge in [-0.3, -0.25) is 0 Å².